The summed E-state index contributed by atoms with van der Waals surface area (Å²) in [4.78, 5) is 13.1. The number of nitrogens with zero attached hydrogens (tertiary/aromatic N) is 5. The average molecular weight is 269 g/mol. The van der Waals surface area contributed by atoms with Crippen LogP contribution in [-0.4, -0.2) is 62.5 Å². The number of hydrogen-bond acceptors (Lipinski definition) is 6. The van der Waals surface area contributed by atoms with E-state index in [0.717, 1.165) is 18.8 Å². The molecule has 1 aromatic rings. The van der Waals surface area contributed by atoms with Crippen molar-refractivity contribution in [3.63, 3.8) is 0 Å². The number of rotatable bonds is 6. The molecule has 1 saturated heterocycles. The minimum Gasteiger partial charge on any atom is -0.481 e. The minimum absolute atomic E-state index is 0.135. The van der Waals surface area contributed by atoms with Crippen LogP contribution >= 0.6 is 0 Å². The second kappa shape index (κ2) is 6.07. The molecule has 0 amide bonds. The zero-order valence-corrected chi connectivity index (χ0v) is 11.2. The van der Waals surface area contributed by atoms with E-state index in [1.54, 1.807) is 4.68 Å². The van der Waals surface area contributed by atoms with Crippen LogP contribution in [0.15, 0.2) is 0 Å². The minimum atomic E-state index is -0.817. The second-order valence-corrected chi connectivity index (χ2v) is 4.78. The number of carboxylic acids is 1. The highest BCUT2D eigenvalue weighted by molar-refractivity contribution is 5.71. The van der Waals surface area contributed by atoms with Crippen LogP contribution in [0, 0.1) is 5.92 Å². The maximum Gasteiger partial charge on any atom is 0.310 e. The Morgan fingerprint density at radius 1 is 1.58 bits per heavy atom. The summed E-state index contributed by atoms with van der Waals surface area (Å²) >= 11 is 0. The van der Waals surface area contributed by atoms with E-state index >= 15 is 0 Å². The van der Waals surface area contributed by atoms with Gasteiger partial charge >= 0.3 is 5.97 Å². The van der Waals surface area contributed by atoms with E-state index in [2.05, 4.69) is 22.4 Å². The second-order valence-electron chi connectivity index (χ2n) is 4.78. The monoisotopic (exact) mass is 269 g/mol. The summed E-state index contributed by atoms with van der Waals surface area (Å²) < 4.78 is 7.02. The summed E-state index contributed by atoms with van der Waals surface area (Å²) in [5.74, 6) is -0.552. The Morgan fingerprint density at radius 3 is 3.05 bits per heavy atom. The van der Waals surface area contributed by atoms with Gasteiger partial charge in [-0.25, -0.2) is 4.68 Å². The first-order chi connectivity index (χ1) is 9.13. The Labute approximate surface area is 111 Å². The van der Waals surface area contributed by atoms with Crippen molar-refractivity contribution in [1.82, 2.24) is 25.1 Å². The Kier molecular flexibility index (Phi) is 4.43. The van der Waals surface area contributed by atoms with E-state index in [4.69, 9.17) is 9.84 Å². The van der Waals surface area contributed by atoms with Gasteiger partial charge in [0.1, 0.15) is 0 Å². The Bertz CT molecular complexity index is 436. The van der Waals surface area contributed by atoms with Crippen LogP contribution < -0.4 is 0 Å². The fourth-order valence-electron chi connectivity index (χ4n) is 2.28. The molecule has 1 aromatic heterocycles. The van der Waals surface area contributed by atoms with Crippen LogP contribution in [0.1, 0.15) is 19.2 Å². The SMILES string of the molecule is CCCn1nnnc1CN(C)C1COCC1C(=O)O. The first-order valence-corrected chi connectivity index (χ1v) is 6.39. The standard InChI is InChI=1S/C11H19N5O3/c1-3-4-16-10(12-13-14-16)5-15(2)9-7-19-6-8(9)11(17)18/h8-9H,3-7H2,1-2H3,(H,17,18). The molecule has 0 radical (unpaired) electrons. The Hall–Kier alpha value is -1.54. The van der Waals surface area contributed by atoms with Gasteiger partial charge in [0.2, 0.25) is 0 Å². The van der Waals surface area contributed by atoms with Gasteiger partial charge in [0.05, 0.1) is 25.7 Å². The van der Waals surface area contributed by atoms with Crippen molar-refractivity contribution in [2.75, 3.05) is 20.3 Å². The van der Waals surface area contributed by atoms with Crippen molar-refractivity contribution < 1.29 is 14.6 Å². The lowest BCUT2D eigenvalue weighted by molar-refractivity contribution is -0.143. The van der Waals surface area contributed by atoms with Crippen molar-refractivity contribution in [3.8, 4) is 0 Å². The van der Waals surface area contributed by atoms with Gasteiger partial charge in [-0.15, -0.1) is 5.10 Å². The number of likely N-dealkylation sites (N-methyl/N-ethyl adjacent to an activating group) is 1. The molecule has 2 heterocycles. The summed E-state index contributed by atoms with van der Waals surface area (Å²) in [5.41, 5.74) is 0. The molecule has 2 unspecified atom stereocenters. The molecule has 1 aliphatic heterocycles. The third kappa shape index (κ3) is 3.07. The average Bonchev–Trinajstić information content (AvgIpc) is 2.98. The maximum atomic E-state index is 11.1. The zero-order chi connectivity index (χ0) is 13.8. The smallest absolute Gasteiger partial charge is 0.310 e. The highest BCUT2D eigenvalue weighted by Gasteiger charge is 2.37. The maximum absolute atomic E-state index is 11.1. The van der Waals surface area contributed by atoms with Crippen molar-refractivity contribution in [2.45, 2.75) is 32.5 Å². The van der Waals surface area contributed by atoms with E-state index in [-0.39, 0.29) is 12.6 Å². The molecule has 0 saturated carbocycles. The molecular weight excluding hydrogens is 250 g/mol. The van der Waals surface area contributed by atoms with Crippen LogP contribution in [-0.2, 0) is 22.6 Å². The molecule has 8 nitrogen and oxygen atoms in total. The van der Waals surface area contributed by atoms with Gasteiger partial charge in [0.15, 0.2) is 5.82 Å². The molecule has 0 spiro atoms. The van der Waals surface area contributed by atoms with Crippen molar-refractivity contribution in [1.29, 1.82) is 0 Å². The molecule has 2 atom stereocenters. The predicted molar refractivity (Wildman–Crippen MR) is 65.3 cm³/mol. The topological polar surface area (TPSA) is 93.4 Å². The van der Waals surface area contributed by atoms with E-state index in [1.807, 2.05) is 11.9 Å². The highest BCUT2D eigenvalue weighted by Crippen LogP contribution is 2.20. The van der Waals surface area contributed by atoms with Gasteiger partial charge in [-0.05, 0) is 23.9 Å². The summed E-state index contributed by atoms with van der Waals surface area (Å²) in [5, 5.41) is 20.7. The molecule has 2 rings (SSSR count). The lowest BCUT2D eigenvalue weighted by Gasteiger charge is -2.25. The van der Waals surface area contributed by atoms with Crippen molar-refractivity contribution in [3.05, 3.63) is 5.82 Å². The number of carboxylic acid groups (broad SMARTS) is 1. The summed E-state index contributed by atoms with van der Waals surface area (Å²) in [6.07, 6.45) is 0.950. The highest BCUT2D eigenvalue weighted by atomic mass is 16.5. The van der Waals surface area contributed by atoms with E-state index < -0.39 is 11.9 Å². The summed E-state index contributed by atoms with van der Waals surface area (Å²) in [6, 6.07) is -0.135. The molecular formula is C11H19N5O3. The van der Waals surface area contributed by atoms with Crippen LogP contribution in [0.3, 0.4) is 0 Å². The normalized spacial score (nSPS) is 23.1. The molecule has 0 aliphatic carbocycles. The first kappa shape index (κ1) is 13.9. The predicted octanol–water partition coefficient (Wildman–Crippen LogP) is -0.385. The fourth-order valence-corrected chi connectivity index (χ4v) is 2.28. The lowest BCUT2D eigenvalue weighted by atomic mass is 10.0. The summed E-state index contributed by atoms with van der Waals surface area (Å²) in [7, 11) is 1.88. The van der Waals surface area contributed by atoms with Crippen LogP contribution in [0.25, 0.3) is 0 Å². The number of aromatic nitrogens is 4. The van der Waals surface area contributed by atoms with Crippen molar-refractivity contribution in [2.24, 2.45) is 5.92 Å². The molecule has 1 N–H and O–H groups in total. The van der Waals surface area contributed by atoms with Gasteiger partial charge in [-0.3, -0.25) is 9.69 Å². The van der Waals surface area contributed by atoms with E-state index in [1.165, 1.54) is 0 Å². The molecule has 19 heavy (non-hydrogen) atoms. The van der Waals surface area contributed by atoms with Gasteiger partial charge in [-0.2, -0.15) is 0 Å². The third-order valence-corrected chi connectivity index (χ3v) is 3.37. The molecule has 8 heteroatoms. The quantitative estimate of drug-likeness (QED) is 0.752. The van der Waals surface area contributed by atoms with Crippen LogP contribution in [0.4, 0.5) is 0 Å². The van der Waals surface area contributed by atoms with Gasteiger partial charge in [0.25, 0.3) is 0 Å². The largest absolute Gasteiger partial charge is 0.481 e. The van der Waals surface area contributed by atoms with E-state index in [0.29, 0.717) is 13.2 Å². The van der Waals surface area contributed by atoms with E-state index in [9.17, 15) is 4.79 Å². The lowest BCUT2D eigenvalue weighted by Crippen LogP contribution is -2.40. The molecule has 0 bridgehead atoms. The third-order valence-electron chi connectivity index (χ3n) is 3.37. The van der Waals surface area contributed by atoms with Gasteiger partial charge in [-0.1, -0.05) is 6.92 Å². The number of aliphatic carboxylic acids is 1. The fraction of sp³-hybridized carbons (Fsp3) is 0.818. The number of carbonyl (C=O) groups is 1. The molecule has 1 aliphatic rings. The number of ether oxygens (including phenoxy) is 1. The zero-order valence-electron chi connectivity index (χ0n) is 11.2. The van der Waals surface area contributed by atoms with Crippen LogP contribution in [0.5, 0.6) is 0 Å². The van der Waals surface area contributed by atoms with Gasteiger partial charge in [0, 0.05) is 12.6 Å². The molecule has 106 valence electrons. The van der Waals surface area contributed by atoms with Gasteiger partial charge < -0.3 is 9.84 Å². The first-order valence-electron chi connectivity index (χ1n) is 6.39. The van der Waals surface area contributed by atoms with Crippen molar-refractivity contribution >= 4 is 5.97 Å². The Morgan fingerprint density at radius 2 is 2.37 bits per heavy atom. The number of tetrazole rings is 1. The summed E-state index contributed by atoms with van der Waals surface area (Å²) in [6.45, 7) is 4.04. The number of aryl methyl sites for hydroxylation is 1. The van der Waals surface area contributed by atoms with Crippen LogP contribution in [0.2, 0.25) is 0 Å². The molecule has 1 fully saturated rings. The molecule has 0 aromatic carbocycles. The Balaban J connectivity index is 2.02. The number of hydrogen-bond donors (Lipinski definition) is 1.